The van der Waals surface area contributed by atoms with Crippen LogP contribution in [0.5, 0.6) is 0 Å². The molecule has 0 bridgehead atoms. The molecule has 3 unspecified atom stereocenters. The Morgan fingerprint density at radius 2 is 1.70 bits per heavy atom. The van der Waals surface area contributed by atoms with Gasteiger partial charge in [-0.3, -0.25) is 23.7 Å². The molecule has 10 nitrogen and oxygen atoms in total. The number of carbonyl (C=O) groups excluding carboxylic acids is 4. The number of nitrogens with two attached hydrogens (primary N) is 1. The van der Waals surface area contributed by atoms with Crippen molar-refractivity contribution in [2.24, 2.45) is 11.7 Å². The van der Waals surface area contributed by atoms with Crippen molar-refractivity contribution in [3.63, 3.8) is 0 Å². The molecule has 3 aliphatic heterocycles. The number of imide groups is 3. The number of benzene rings is 1. The van der Waals surface area contributed by atoms with Gasteiger partial charge in [-0.05, 0) is 16.5 Å². The van der Waals surface area contributed by atoms with Gasteiger partial charge in [0.25, 0.3) is 5.91 Å². The smallest absolute Gasteiger partial charge is 0.328 e. The number of likely N-dealkylation sites (tertiary alicyclic amines) is 1. The van der Waals surface area contributed by atoms with Crippen LogP contribution >= 0.6 is 23.1 Å². The third-order valence-electron chi connectivity index (χ3n) is 7.06. The predicted octanol–water partition coefficient (Wildman–Crippen LogP) is 1.74. The van der Waals surface area contributed by atoms with Crippen LogP contribution in [-0.2, 0) is 31.1 Å². The van der Waals surface area contributed by atoms with Crippen molar-refractivity contribution in [1.29, 1.82) is 0 Å². The molecule has 0 radical (unpaired) electrons. The molecule has 196 valence electrons. The normalized spacial score (nSPS) is 23.7. The number of fused-ring (bicyclic) bond motifs is 2. The zero-order chi connectivity index (χ0) is 26.6. The van der Waals surface area contributed by atoms with Crippen molar-refractivity contribution in [1.82, 2.24) is 14.4 Å². The lowest BCUT2D eigenvalue weighted by atomic mass is 9.81. The molecule has 1 aromatic carbocycles. The molecule has 4 heterocycles. The van der Waals surface area contributed by atoms with Crippen molar-refractivity contribution in [3.8, 4) is 0 Å². The summed E-state index contributed by atoms with van der Waals surface area (Å²) >= 11 is 2.03. The number of ether oxygens (including phenoxy) is 1. The average molecular weight is 545 g/mol. The lowest BCUT2D eigenvalue weighted by Crippen LogP contribution is -2.43. The van der Waals surface area contributed by atoms with E-state index in [2.05, 4.69) is 20.8 Å². The van der Waals surface area contributed by atoms with E-state index in [0.717, 1.165) is 34.2 Å². The number of thiazole rings is 1. The number of aromatic nitrogens is 1. The molecule has 2 saturated heterocycles. The van der Waals surface area contributed by atoms with Crippen LogP contribution in [-0.4, -0.2) is 69.7 Å². The third-order valence-corrected chi connectivity index (χ3v) is 9.67. The summed E-state index contributed by atoms with van der Waals surface area (Å²) in [6.45, 7) is 7.87. The van der Waals surface area contributed by atoms with Crippen LogP contribution in [0, 0.1) is 5.92 Å². The summed E-state index contributed by atoms with van der Waals surface area (Å²) in [5, 5.41) is -0.450. The fourth-order valence-electron chi connectivity index (χ4n) is 5.07. The summed E-state index contributed by atoms with van der Waals surface area (Å²) in [5.41, 5.74) is 7.14. The van der Waals surface area contributed by atoms with E-state index in [9.17, 15) is 24.0 Å². The van der Waals surface area contributed by atoms with E-state index < -0.39 is 34.9 Å². The van der Waals surface area contributed by atoms with E-state index in [1.165, 1.54) is 4.57 Å². The average Bonchev–Trinajstić information content (AvgIpc) is 3.30. The van der Waals surface area contributed by atoms with Gasteiger partial charge in [0.2, 0.25) is 11.8 Å². The van der Waals surface area contributed by atoms with Crippen LogP contribution in [0.3, 0.4) is 0 Å². The standard InChI is InChI=1S/C25H28N4O6S2/c1-25(2,3)14-6-4-13(5-7-14)16-17-18(21(32)29(20(17)31)23(26)33)36-22-19(16)37-24(34)28(22)12-15(30)27-8-10-35-11-9-27/h4-7,16-18H,8-12H2,1-3H3,(H2,26,33). The number of nitrogens with zero attached hydrogens (tertiary/aromatic N) is 3. The van der Waals surface area contributed by atoms with Gasteiger partial charge in [0.05, 0.1) is 24.2 Å². The number of urea groups is 1. The Balaban J connectivity index is 1.59. The Hall–Kier alpha value is -2.96. The van der Waals surface area contributed by atoms with Gasteiger partial charge in [0, 0.05) is 23.9 Å². The van der Waals surface area contributed by atoms with Gasteiger partial charge < -0.3 is 15.4 Å². The topological polar surface area (TPSA) is 132 Å². The maximum absolute atomic E-state index is 13.3. The minimum absolute atomic E-state index is 0.0927. The fourth-order valence-corrected chi connectivity index (χ4v) is 7.84. The van der Waals surface area contributed by atoms with Gasteiger partial charge in [-0.1, -0.05) is 68.1 Å². The number of carbonyl (C=O) groups is 4. The highest BCUT2D eigenvalue weighted by atomic mass is 32.2. The second-order valence-electron chi connectivity index (χ2n) is 10.4. The van der Waals surface area contributed by atoms with Crippen molar-refractivity contribution in [2.75, 3.05) is 26.3 Å². The zero-order valence-corrected chi connectivity index (χ0v) is 22.4. The van der Waals surface area contributed by atoms with Gasteiger partial charge in [-0.2, -0.15) is 4.90 Å². The fraction of sp³-hybridized carbons (Fsp3) is 0.480. The van der Waals surface area contributed by atoms with Crippen molar-refractivity contribution < 1.29 is 23.9 Å². The van der Waals surface area contributed by atoms with Gasteiger partial charge in [-0.15, -0.1) is 0 Å². The summed E-state index contributed by atoms with van der Waals surface area (Å²) < 4.78 is 6.70. The Bertz CT molecular complexity index is 1340. The Labute approximate surface area is 221 Å². The van der Waals surface area contributed by atoms with Crippen molar-refractivity contribution in [3.05, 3.63) is 49.9 Å². The van der Waals surface area contributed by atoms with Crippen LogP contribution in [0.1, 0.15) is 42.7 Å². The number of hydrogen-bond acceptors (Lipinski definition) is 8. The van der Waals surface area contributed by atoms with Crippen LogP contribution < -0.4 is 10.6 Å². The molecule has 2 aromatic rings. The lowest BCUT2D eigenvalue weighted by Gasteiger charge is -2.31. The molecule has 0 aliphatic carbocycles. The highest BCUT2D eigenvalue weighted by Crippen LogP contribution is 2.53. The van der Waals surface area contributed by atoms with Crippen LogP contribution in [0.25, 0.3) is 0 Å². The quantitative estimate of drug-likeness (QED) is 0.582. The highest BCUT2D eigenvalue weighted by Gasteiger charge is 2.57. The van der Waals surface area contributed by atoms with Gasteiger partial charge in [0.1, 0.15) is 11.8 Å². The van der Waals surface area contributed by atoms with E-state index in [0.29, 0.717) is 41.1 Å². The molecule has 2 N–H and O–H groups in total. The summed E-state index contributed by atoms with van der Waals surface area (Å²) in [4.78, 5) is 67.1. The van der Waals surface area contributed by atoms with Crippen LogP contribution in [0.15, 0.2) is 34.1 Å². The first-order valence-corrected chi connectivity index (χ1v) is 13.7. The number of rotatable bonds is 3. The van der Waals surface area contributed by atoms with Crippen molar-refractivity contribution >= 4 is 46.9 Å². The Morgan fingerprint density at radius 3 is 2.30 bits per heavy atom. The molecule has 0 saturated carbocycles. The number of morpholine rings is 1. The van der Waals surface area contributed by atoms with E-state index in [4.69, 9.17) is 10.5 Å². The molecule has 1 aromatic heterocycles. The molecular weight excluding hydrogens is 516 g/mol. The van der Waals surface area contributed by atoms with E-state index in [-0.39, 0.29) is 22.7 Å². The second-order valence-corrected chi connectivity index (χ2v) is 12.5. The molecular formula is C25H28N4O6S2. The highest BCUT2D eigenvalue weighted by molar-refractivity contribution is 8.00. The maximum Gasteiger partial charge on any atom is 0.328 e. The first-order valence-electron chi connectivity index (χ1n) is 12.0. The Morgan fingerprint density at radius 1 is 1.05 bits per heavy atom. The molecule has 5 amide bonds. The molecule has 0 spiro atoms. The van der Waals surface area contributed by atoms with Gasteiger partial charge in [-0.25, -0.2) is 4.79 Å². The summed E-state index contributed by atoms with van der Waals surface area (Å²) in [5.74, 6) is -3.10. The van der Waals surface area contributed by atoms with Crippen LogP contribution in [0.4, 0.5) is 4.79 Å². The van der Waals surface area contributed by atoms with Gasteiger partial charge >= 0.3 is 10.9 Å². The third kappa shape index (κ3) is 4.40. The van der Waals surface area contributed by atoms with Crippen molar-refractivity contribution in [2.45, 2.75) is 48.9 Å². The first kappa shape index (κ1) is 25.7. The first-order chi connectivity index (χ1) is 17.5. The molecule has 5 rings (SSSR count). The van der Waals surface area contributed by atoms with Crippen LogP contribution in [0.2, 0.25) is 0 Å². The summed E-state index contributed by atoms with van der Waals surface area (Å²) in [7, 11) is 0. The monoisotopic (exact) mass is 544 g/mol. The number of primary amides is 1. The zero-order valence-electron chi connectivity index (χ0n) is 20.8. The van der Waals surface area contributed by atoms with Gasteiger partial charge in [0.15, 0.2) is 0 Å². The van der Waals surface area contributed by atoms with E-state index >= 15 is 0 Å². The maximum atomic E-state index is 13.3. The molecule has 12 heteroatoms. The van der Waals surface area contributed by atoms with E-state index in [1.54, 1.807) is 4.90 Å². The Kier molecular flexibility index (Phi) is 6.53. The lowest BCUT2D eigenvalue weighted by molar-refractivity contribution is -0.137. The molecule has 3 aliphatic rings. The molecule has 37 heavy (non-hydrogen) atoms. The minimum Gasteiger partial charge on any atom is -0.378 e. The summed E-state index contributed by atoms with van der Waals surface area (Å²) in [6, 6.07) is 6.64. The molecule has 2 fully saturated rings. The number of hydrogen-bond donors (Lipinski definition) is 1. The number of amides is 5. The van der Waals surface area contributed by atoms with E-state index in [1.807, 2.05) is 24.3 Å². The SMILES string of the molecule is CC(C)(C)c1ccc(C2c3sc(=O)n(CC(=O)N4CCOCC4)c3SC3C(=O)N(C(N)=O)C(=O)C32)cc1. The molecule has 3 atom stereocenters. The minimum atomic E-state index is -1.12. The summed E-state index contributed by atoms with van der Waals surface area (Å²) in [6.07, 6.45) is 0. The largest absolute Gasteiger partial charge is 0.378 e. The number of thioether (sulfide) groups is 1. The predicted molar refractivity (Wildman–Crippen MR) is 138 cm³/mol. The second kappa shape index (κ2) is 9.41.